The summed E-state index contributed by atoms with van der Waals surface area (Å²) in [6.07, 6.45) is 0. The summed E-state index contributed by atoms with van der Waals surface area (Å²) in [5.41, 5.74) is 2.04. The maximum Gasteiger partial charge on any atom is 0.266 e. The molecular weight excluding hydrogens is 380 g/mol. The summed E-state index contributed by atoms with van der Waals surface area (Å²) in [5.74, 6) is -0.234. The van der Waals surface area contributed by atoms with E-state index in [0.717, 1.165) is 5.56 Å². The van der Waals surface area contributed by atoms with Gasteiger partial charge in [-0.15, -0.1) is 0 Å². The minimum absolute atomic E-state index is 0.0744. The Hall–Kier alpha value is -3.46. The molecule has 0 spiro atoms. The summed E-state index contributed by atoms with van der Waals surface area (Å²) < 4.78 is 28.8. The summed E-state index contributed by atoms with van der Waals surface area (Å²) >= 11 is 0. The zero-order chi connectivity index (χ0) is 20.3. The number of nitrogens with zero attached hydrogens (tertiary/aromatic N) is 2. The molecular formula is C19H18N4O4S. The summed E-state index contributed by atoms with van der Waals surface area (Å²) in [5, 5.41) is 6.74. The number of rotatable bonds is 5. The first kappa shape index (κ1) is 19.3. The van der Waals surface area contributed by atoms with Crippen molar-refractivity contribution in [1.82, 2.24) is 9.78 Å². The van der Waals surface area contributed by atoms with Crippen LogP contribution in [0, 0.1) is 0 Å². The van der Waals surface area contributed by atoms with Crippen molar-refractivity contribution in [3.05, 3.63) is 71.0 Å². The molecule has 9 heteroatoms. The summed E-state index contributed by atoms with van der Waals surface area (Å²) in [6, 6.07) is 15.6. The number of benzene rings is 2. The van der Waals surface area contributed by atoms with Crippen molar-refractivity contribution >= 4 is 27.3 Å². The van der Waals surface area contributed by atoms with Crippen molar-refractivity contribution < 1.29 is 13.2 Å². The minimum atomic E-state index is -3.77. The van der Waals surface area contributed by atoms with Crippen molar-refractivity contribution in [3.63, 3.8) is 0 Å². The zero-order valence-corrected chi connectivity index (χ0v) is 16.0. The fourth-order valence-corrected chi connectivity index (χ4v) is 3.56. The monoisotopic (exact) mass is 398 g/mol. The number of amides is 1. The number of anilines is 2. The molecule has 0 aliphatic carbocycles. The van der Waals surface area contributed by atoms with Gasteiger partial charge in [0.05, 0.1) is 10.6 Å². The highest BCUT2D eigenvalue weighted by Gasteiger charge is 2.14. The molecule has 0 unspecified atom stereocenters. The van der Waals surface area contributed by atoms with Gasteiger partial charge in [0.15, 0.2) is 0 Å². The summed E-state index contributed by atoms with van der Waals surface area (Å²) in [7, 11) is -2.21. The molecule has 2 aromatic carbocycles. The Labute approximate surface area is 161 Å². The second kappa shape index (κ2) is 7.65. The van der Waals surface area contributed by atoms with Gasteiger partial charge in [0.1, 0.15) is 0 Å². The van der Waals surface area contributed by atoms with Gasteiger partial charge in [-0.3, -0.25) is 14.3 Å². The zero-order valence-electron chi connectivity index (χ0n) is 15.2. The number of hydrogen-bond donors (Lipinski definition) is 2. The van der Waals surface area contributed by atoms with Crippen LogP contribution in [0.5, 0.6) is 0 Å². The van der Waals surface area contributed by atoms with Gasteiger partial charge in [0.2, 0.25) is 5.91 Å². The molecule has 1 heterocycles. The number of aromatic nitrogens is 2. The quantitative estimate of drug-likeness (QED) is 0.685. The van der Waals surface area contributed by atoms with Crippen molar-refractivity contribution in [3.8, 4) is 11.3 Å². The molecule has 0 atom stereocenters. The van der Waals surface area contributed by atoms with Crippen LogP contribution < -0.4 is 15.6 Å². The van der Waals surface area contributed by atoms with Crippen LogP contribution in [0.1, 0.15) is 6.92 Å². The topological polar surface area (TPSA) is 110 Å². The Morgan fingerprint density at radius 1 is 0.929 bits per heavy atom. The lowest BCUT2D eigenvalue weighted by atomic mass is 10.1. The van der Waals surface area contributed by atoms with Gasteiger partial charge >= 0.3 is 0 Å². The van der Waals surface area contributed by atoms with Crippen LogP contribution >= 0.6 is 0 Å². The van der Waals surface area contributed by atoms with E-state index in [4.69, 9.17) is 0 Å². The normalized spacial score (nSPS) is 11.1. The first-order valence-electron chi connectivity index (χ1n) is 8.30. The largest absolute Gasteiger partial charge is 0.326 e. The maximum atomic E-state index is 12.5. The molecule has 1 aromatic heterocycles. The predicted octanol–water partition coefficient (Wildman–Crippen LogP) is 2.21. The van der Waals surface area contributed by atoms with E-state index in [-0.39, 0.29) is 16.4 Å². The third-order valence-electron chi connectivity index (χ3n) is 3.88. The van der Waals surface area contributed by atoms with E-state index in [1.165, 1.54) is 41.9 Å². The molecule has 0 radical (unpaired) electrons. The predicted molar refractivity (Wildman–Crippen MR) is 106 cm³/mol. The Morgan fingerprint density at radius 2 is 1.54 bits per heavy atom. The Bertz CT molecular complexity index is 1170. The van der Waals surface area contributed by atoms with E-state index in [1.807, 2.05) is 0 Å². The van der Waals surface area contributed by atoms with Crippen LogP contribution in [0.25, 0.3) is 11.3 Å². The van der Waals surface area contributed by atoms with Gasteiger partial charge in [0, 0.05) is 37.0 Å². The molecule has 144 valence electrons. The average Bonchev–Trinajstić information content (AvgIpc) is 2.64. The number of nitrogens with one attached hydrogen (secondary N) is 2. The maximum absolute atomic E-state index is 12.5. The van der Waals surface area contributed by atoms with Gasteiger partial charge in [-0.1, -0.05) is 12.1 Å². The van der Waals surface area contributed by atoms with Crippen molar-refractivity contribution in [2.24, 2.45) is 7.05 Å². The van der Waals surface area contributed by atoms with Gasteiger partial charge < -0.3 is 5.32 Å². The molecule has 0 saturated heterocycles. The molecule has 0 saturated carbocycles. The third-order valence-corrected chi connectivity index (χ3v) is 5.28. The van der Waals surface area contributed by atoms with Crippen LogP contribution in [-0.4, -0.2) is 24.1 Å². The molecule has 28 heavy (non-hydrogen) atoms. The standard InChI is InChI=1S/C19H18N4O4S/c1-13(24)20-15-7-9-17(10-8-15)28(26,27)22-16-5-3-14(4-6-16)18-11-12-19(25)23(2)21-18/h3-12,22H,1-2H3,(H,20,24). The van der Waals surface area contributed by atoms with E-state index < -0.39 is 10.0 Å². The second-order valence-electron chi connectivity index (χ2n) is 6.07. The van der Waals surface area contributed by atoms with Crippen molar-refractivity contribution in [2.45, 2.75) is 11.8 Å². The lowest BCUT2D eigenvalue weighted by molar-refractivity contribution is -0.114. The molecule has 0 aliphatic heterocycles. The molecule has 1 amide bonds. The van der Waals surface area contributed by atoms with Crippen LogP contribution in [0.15, 0.2) is 70.4 Å². The van der Waals surface area contributed by atoms with Gasteiger partial charge in [-0.2, -0.15) is 5.10 Å². The van der Waals surface area contributed by atoms with E-state index in [9.17, 15) is 18.0 Å². The molecule has 2 N–H and O–H groups in total. The molecule has 0 fully saturated rings. The van der Waals surface area contributed by atoms with E-state index in [1.54, 1.807) is 37.4 Å². The molecule has 3 rings (SSSR count). The van der Waals surface area contributed by atoms with Crippen molar-refractivity contribution in [2.75, 3.05) is 10.0 Å². The number of hydrogen-bond acceptors (Lipinski definition) is 5. The minimum Gasteiger partial charge on any atom is -0.326 e. The molecule has 0 aliphatic rings. The van der Waals surface area contributed by atoms with E-state index in [0.29, 0.717) is 17.1 Å². The molecule has 8 nitrogen and oxygen atoms in total. The van der Waals surface area contributed by atoms with Gasteiger partial charge in [-0.25, -0.2) is 13.1 Å². The Kier molecular flexibility index (Phi) is 5.27. The van der Waals surface area contributed by atoms with E-state index >= 15 is 0 Å². The van der Waals surface area contributed by atoms with Crippen molar-refractivity contribution in [1.29, 1.82) is 0 Å². The summed E-state index contributed by atoms with van der Waals surface area (Å²) in [4.78, 5) is 22.5. The molecule has 0 bridgehead atoms. The highest BCUT2D eigenvalue weighted by Crippen LogP contribution is 2.22. The number of sulfonamides is 1. The first-order chi connectivity index (χ1) is 13.2. The summed E-state index contributed by atoms with van der Waals surface area (Å²) in [6.45, 7) is 1.38. The third kappa shape index (κ3) is 4.44. The lowest BCUT2D eigenvalue weighted by Gasteiger charge is -2.10. The van der Waals surface area contributed by atoms with Crippen LogP contribution in [0.2, 0.25) is 0 Å². The number of carbonyl (C=O) groups excluding carboxylic acids is 1. The Morgan fingerprint density at radius 3 is 2.11 bits per heavy atom. The van der Waals surface area contributed by atoms with Gasteiger partial charge in [0.25, 0.3) is 15.6 Å². The highest BCUT2D eigenvalue weighted by molar-refractivity contribution is 7.92. The lowest BCUT2D eigenvalue weighted by Crippen LogP contribution is -2.18. The average molecular weight is 398 g/mol. The molecule has 3 aromatic rings. The van der Waals surface area contributed by atoms with Gasteiger partial charge in [-0.05, 0) is 42.5 Å². The fourth-order valence-electron chi connectivity index (χ4n) is 2.50. The fraction of sp³-hybridized carbons (Fsp3) is 0.105. The Balaban J connectivity index is 1.78. The smallest absolute Gasteiger partial charge is 0.266 e. The van der Waals surface area contributed by atoms with Crippen LogP contribution in [0.4, 0.5) is 11.4 Å². The SMILES string of the molecule is CC(=O)Nc1ccc(S(=O)(=O)Nc2ccc(-c3ccc(=O)n(C)n3)cc2)cc1. The highest BCUT2D eigenvalue weighted by atomic mass is 32.2. The van der Waals surface area contributed by atoms with E-state index in [2.05, 4.69) is 15.1 Å². The number of aryl methyl sites for hydroxylation is 1. The second-order valence-corrected chi connectivity index (χ2v) is 7.75. The number of carbonyl (C=O) groups is 1. The van der Waals surface area contributed by atoms with Crippen LogP contribution in [-0.2, 0) is 21.9 Å². The van der Waals surface area contributed by atoms with Crippen LogP contribution in [0.3, 0.4) is 0 Å². The first-order valence-corrected chi connectivity index (χ1v) is 9.78.